The van der Waals surface area contributed by atoms with Crippen LogP contribution in [0.2, 0.25) is 0 Å². The van der Waals surface area contributed by atoms with Gasteiger partial charge in [0.2, 0.25) is 0 Å². The summed E-state index contributed by atoms with van der Waals surface area (Å²) < 4.78 is 32.5. The van der Waals surface area contributed by atoms with Crippen molar-refractivity contribution >= 4 is 23.3 Å². The second-order valence-electron chi connectivity index (χ2n) is 7.43. The van der Waals surface area contributed by atoms with Gasteiger partial charge in [-0.05, 0) is 47.7 Å². The minimum atomic E-state index is -0.916. The number of benzene rings is 2. The molecule has 158 valence electrons. The minimum Gasteiger partial charge on any atom is -0.453 e. The van der Waals surface area contributed by atoms with Crippen LogP contribution >= 0.6 is 0 Å². The van der Waals surface area contributed by atoms with Crippen molar-refractivity contribution in [1.29, 1.82) is 0 Å². The van der Waals surface area contributed by atoms with E-state index in [0.717, 1.165) is 29.7 Å². The predicted molar refractivity (Wildman–Crippen MR) is 111 cm³/mol. The van der Waals surface area contributed by atoms with Gasteiger partial charge in [-0.2, -0.15) is 0 Å². The number of nitrogens with zero attached hydrogens (tertiary/aromatic N) is 1. The molecule has 1 heterocycles. The van der Waals surface area contributed by atoms with Gasteiger partial charge in [0, 0.05) is 18.8 Å². The largest absolute Gasteiger partial charge is 0.453 e. The molecule has 3 rings (SSSR count). The third-order valence-corrected chi connectivity index (χ3v) is 5.20. The number of carbonyl (C=O) groups excluding carboxylic acids is 2. The van der Waals surface area contributed by atoms with Gasteiger partial charge < -0.3 is 15.0 Å². The summed E-state index contributed by atoms with van der Waals surface area (Å²) >= 11 is 0. The van der Waals surface area contributed by atoms with Crippen LogP contribution in [0.3, 0.4) is 0 Å². The van der Waals surface area contributed by atoms with E-state index in [1.165, 1.54) is 18.7 Å². The first-order valence-electron chi connectivity index (χ1n) is 9.72. The summed E-state index contributed by atoms with van der Waals surface area (Å²) in [6.45, 7) is 5.26. The van der Waals surface area contributed by atoms with Gasteiger partial charge in [0.15, 0.2) is 0 Å². The molecule has 0 saturated heterocycles. The molecule has 0 aromatic heterocycles. The van der Waals surface area contributed by atoms with Crippen molar-refractivity contribution in [2.75, 3.05) is 25.5 Å². The summed E-state index contributed by atoms with van der Waals surface area (Å²) in [6.07, 6.45) is 0.388. The highest BCUT2D eigenvalue weighted by atomic mass is 19.1. The van der Waals surface area contributed by atoms with Gasteiger partial charge in [-0.1, -0.05) is 37.6 Å². The van der Waals surface area contributed by atoms with E-state index in [0.29, 0.717) is 24.7 Å². The molecule has 0 bridgehead atoms. The second kappa shape index (κ2) is 9.07. The average molecular weight is 414 g/mol. The van der Waals surface area contributed by atoms with Gasteiger partial charge in [-0.25, -0.2) is 13.6 Å². The van der Waals surface area contributed by atoms with Gasteiger partial charge in [-0.15, -0.1) is 0 Å². The highest BCUT2D eigenvalue weighted by Crippen LogP contribution is 2.32. The van der Waals surface area contributed by atoms with Gasteiger partial charge >= 0.3 is 6.09 Å². The molecule has 7 heteroatoms. The Morgan fingerprint density at radius 2 is 1.70 bits per heavy atom. The summed E-state index contributed by atoms with van der Waals surface area (Å²) in [6, 6.07) is 10.3. The third kappa shape index (κ3) is 4.50. The average Bonchev–Trinajstić information content (AvgIpc) is 2.73. The Morgan fingerprint density at radius 3 is 2.27 bits per heavy atom. The lowest BCUT2D eigenvalue weighted by molar-refractivity contribution is 0.101. The quantitative estimate of drug-likeness (QED) is 0.757. The van der Waals surface area contributed by atoms with Gasteiger partial charge in [0.1, 0.15) is 17.2 Å². The standard InChI is InChI=1S/C23H24F2N2O3/c1-14(2)17-11-12-27(23(29)30-3)13-18(17)15-7-9-16(10-8-15)26-22(28)21-19(24)5-4-6-20(21)25/h4-10,14H,11-13H2,1-3H3,(H,26,28). The monoisotopic (exact) mass is 414 g/mol. The smallest absolute Gasteiger partial charge is 0.409 e. The van der Waals surface area contributed by atoms with Crippen LogP contribution in [0.1, 0.15) is 36.2 Å². The minimum absolute atomic E-state index is 0.322. The number of nitrogens with one attached hydrogen (secondary N) is 1. The van der Waals surface area contributed by atoms with E-state index in [1.54, 1.807) is 17.0 Å². The van der Waals surface area contributed by atoms with Crippen molar-refractivity contribution in [1.82, 2.24) is 4.90 Å². The Kier molecular flexibility index (Phi) is 6.50. The van der Waals surface area contributed by atoms with Crippen LogP contribution in [0.4, 0.5) is 19.3 Å². The second-order valence-corrected chi connectivity index (χ2v) is 7.43. The molecule has 0 fully saturated rings. The molecule has 1 aliphatic rings. The molecule has 0 saturated carbocycles. The summed E-state index contributed by atoms with van der Waals surface area (Å²) in [7, 11) is 1.36. The number of amides is 2. The van der Waals surface area contributed by atoms with E-state index >= 15 is 0 Å². The van der Waals surface area contributed by atoms with Crippen molar-refractivity contribution < 1.29 is 23.1 Å². The van der Waals surface area contributed by atoms with E-state index in [1.807, 2.05) is 12.1 Å². The molecule has 2 aromatic carbocycles. The molecule has 30 heavy (non-hydrogen) atoms. The number of ether oxygens (including phenoxy) is 1. The van der Waals surface area contributed by atoms with Gasteiger partial charge in [0.25, 0.3) is 5.91 Å². The van der Waals surface area contributed by atoms with Crippen molar-refractivity contribution in [3.8, 4) is 0 Å². The predicted octanol–water partition coefficient (Wildman–Crippen LogP) is 5.10. The maximum atomic E-state index is 13.8. The van der Waals surface area contributed by atoms with Crippen LogP contribution in [-0.4, -0.2) is 37.1 Å². The SMILES string of the molecule is COC(=O)N1CCC(C(C)C)=C(c2ccc(NC(=O)c3c(F)cccc3F)cc2)C1. The van der Waals surface area contributed by atoms with Crippen LogP contribution < -0.4 is 5.32 Å². The molecule has 1 aliphatic heterocycles. The molecule has 0 aliphatic carbocycles. The molecule has 0 unspecified atom stereocenters. The van der Waals surface area contributed by atoms with Crippen molar-refractivity contribution in [2.24, 2.45) is 5.92 Å². The molecule has 2 amide bonds. The summed E-state index contributed by atoms with van der Waals surface area (Å²) in [4.78, 5) is 25.9. The summed E-state index contributed by atoms with van der Waals surface area (Å²) in [5.74, 6) is -2.36. The number of rotatable bonds is 4. The number of hydrogen-bond acceptors (Lipinski definition) is 3. The maximum Gasteiger partial charge on any atom is 0.409 e. The molecule has 1 N–H and O–H groups in total. The third-order valence-electron chi connectivity index (χ3n) is 5.20. The van der Waals surface area contributed by atoms with Crippen molar-refractivity contribution in [3.05, 3.63) is 70.8 Å². The Morgan fingerprint density at radius 1 is 1.07 bits per heavy atom. The molecule has 2 aromatic rings. The number of carbonyl (C=O) groups is 2. The van der Waals surface area contributed by atoms with Crippen molar-refractivity contribution in [2.45, 2.75) is 20.3 Å². The molecular weight excluding hydrogens is 390 g/mol. The van der Waals surface area contributed by atoms with E-state index < -0.39 is 23.1 Å². The number of methoxy groups -OCH3 is 1. The fraction of sp³-hybridized carbons (Fsp3) is 0.304. The molecular formula is C23H24F2N2O3. The molecule has 5 nitrogen and oxygen atoms in total. The Labute approximate surface area is 174 Å². The first-order chi connectivity index (χ1) is 14.3. The highest BCUT2D eigenvalue weighted by Gasteiger charge is 2.25. The zero-order valence-corrected chi connectivity index (χ0v) is 17.2. The van der Waals surface area contributed by atoms with E-state index in [2.05, 4.69) is 19.2 Å². The van der Waals surface area contributed by atoms with Crippen LogP contribution in [0, 0.1) is 17.6 Å². The summed E-state index contributed by atoms with van der Waals surface area (Å²) in [5.41, 5.74) is 3.02. The zero-order chi connectivity index (χ0) is 21.8. The van der Waals surface area contributed by atoms with E-state index in [9.17, 15) is 18.4 Å². The zero-order valence-electron chi connectivity index (χ0n) is 17.2. The topological polar surface area (TPSA) is 58.6 Å². The molecule has 0 spiro atoms. The first kappa shape index (κ1) is 21.5. The van der Waals surface area contributed by atoms with Crippen LogP contribution in [0.5, 0.6) is 0 Å². The van der Waals surface area contributed by atoms with E-state index in [4.69, 9.17) is 4.74 Å². The lowest BCUT2D eigenvalue weighted by atomic mass is 9.87. The number of anilines is 1. The lowest BCUT2D eigenvalue weighted by Gasteiger charge is -2.32. The maximum absolute atomic E-state index is 13.8. The lowest BCUT2D eigenvalue weighted by Crippen LogP contribution is -2.37. The normalized spacial score (nSPS) is 14.1. The van der Waals surface area contributed by atoms with E-state index in [-0.39, 0.29) is 6.09 Å². The number of hydrogen-bond donors (Lipinski definition) is 1. The molecule has 0 atom stereocenters. The van der Waals surface area contributed by atoms with Crippen LogP contribution in [0.25, 0.3) is 5.57 Å². The fourth-order valence-corrected chi connectivity index (χ4v) is 3.64. The van der Waals surface area contributed by atoms with Crippen molar-refractivity contribution in [3.63, 3.8) is 0 Å². The van der Waals surface area contributed by atoms with Crippen LogP contribution in [0.15, 0.2) is 48.0 Å². The molecule has 0 radical (unpaired) electrons. The fourth-order valence-electron chi connectivity index (χ4n) is 3.64. The van der Waals surface area contributed by atoms with Gasteiger partial charge in [0.05, 0.1) is 7.11 Å². The Bertz CT molecular complexity index is 964. The van der Waals surface area contributed by atoms with Crippen LogP contribution in [-0.2, 0) is 4.74 Å². The number of halogens is 2. The summed E-state index contributed by atoms with van der Waals surface area (Å²) in [5, 5.41) is 2.52. The van der Waals surface area contributed by atoms with Gasteiger partial charge in [-0.3, -0.25) is 4.79 Å². The Hall–Kier alpha value is -3.22. The first-order valence-corrected chi connectivity index (χ1v) is 9.72. The Balaban J connectivity index is 1.83. The highest BCUT2D eigenvalue weighted by molar-refractivity contribution is 6.04.